The van der Waals surface area contributed by atoms with Gasteiger partial charge in [-0.15, -0.1) is 11.3 Å². The number of hydrogen-bond acceptors (Lipinski definition) is 5. The fourth-order valence-electron chi connectivity index (χ4n) is 4.08. The van der Waals surface area contributed by atoms with Gasteiger partial charge in [0, 0.05) is 11.8 Å². The van der Waals surface area contributed by atoms with Crippen LogP contribution in [-0.2, 0) is 27.1 Å². The number of carbonyl (C=O) groups is 2. The van der Waals surface area contributed by atoms with Gasteiger partial charge in [-0.1, -0.05) is 12.8 Å². The summed E-state index contributed by atoms with van der Waals surface area (Å²) in [6, 6.07) is 0. The highest BCUT2D eigenvalue weighted by molar-refractivity contribution is 7.17. The fraction of sp³-hybridized carbons (Fsp3) is 0.700. The second-order valence-electron chi connectivity index (χ2n) is 8.04. The van der Waals surface area contributed by atoms with E-state index in [0.717, 1.165) is 29.7 Å². The molecule has 1 aromatic heterocycles. The average Bonchev–Trinajstić information content (AvgIpc) is 3.32. The fourth-order valence-corrected chi connectivity index (χ4v) is 5.54. The van der Waals surface area contributed by atoms with Gasteiger partial charge in [0.25, 0.3) is 0 Å². The molecule has 29 heavy (non-hydrogen) atoms. The Morgan fingerprint density at radius 3 is 2.62 bits per heavy atom. The first kappa shape index (κ1) is 22.1. The number of esters is 1. The lowest BCUT2D eigenvalue weighted by molar-refractivity contribution is -0.182. The molecule has 1 N–H and O–H groups in total. The molecule has 0 saturated heterocycles. The van der Waals surface area contributed by atoms with Crippen LogP contribution in [0.2, 0.25) is 0 Å². The Labute approximate surface area is 171 Å². The van der Waals surface area contributed by atoms with Gasteiger partial charge in [0.05, 0.1) is 18.8 Å². The van der Waals surface area contributed by atoms with Crippen molar-refractivity contribution >= 4 is 28.2 Å². The van der Waals surface area contributed by atoms with Gasteiger partial charge in [-0.25, -0.2) is 4.79 Å². The molecule has 0 radical (unpaired) electrons. The zero-order valence-electron chi connectivity index (χ0n) is 16.6. The molecule has 9 heteroatoms. The number of rotatable bonds is 8. The standard InChI is InChI=1S/C20H26F3NO4S/c1-3-28-18(26)16-14-6-7-19(8-13-4-5-13,10-27-11-20(21,22)23)9-15(14)29-17(16)24-12(2)25/h13H,3-11H2,1-2H3,(H,24,25). The number of fused-ring (bicyclic) bond motifs is 1. The number of halogens is 3. The number of amides is 1. The van der Waals surface area contributed by atoms with Gasteiger partial charge in [0.15, 0.2) is 0 Å². The van der Waals surface area contributed by atoms with Gasteiger partial charge in [0.1, 0.15) is 11.6 Å². The van der Waals surface area contributed by atoms with E-state index in [9.17, 15) is 22.8 Å². The van der Waals surface area contributed by atoms with Crippen LogP contribution >= 0.6 is 11.3 Å². The zero-order valence-corrected chi connectivity index (χ0v) is 17.4. The van der Waals surface area contributed by atoms with E-state index in [1.165, 1.54) is 18.3 Å². The van der Waals surface area contributed by atoms with Crippen LogP contribution in [0.15, 0.2) is 0 Å². The molecule has 0 aromatic carbocycles. The molecule has 1 atom stereocenters. The van der Waals surface area contributed by atoms with Gasteiger partial charge in [-0.05, 0) is 49.5 Å². The van der Waals surface area contributed by atoms with Crippen molar-refractivity contribution < 1.29 is 32.2 Å². The Bertz CT molecular complexity index is 773. The maximum absolute atomic E-state index is 12.6. The first-order valence-electron chi connectivity index (χ1n) is 9.86. The second-order valence-corrected chi connectivity index (χ2v) is 9.15. The highest BCUT2D eigenvalue weighted by atomic mass is 32.1. The van der Waals surface area contributed by atoms with Crippen LogP contribution in [0.5, 0.6) is 0 Å². The molecule has 2 aliphatic rings. The average molecular weight is 433 g/mol. The molecule has 1 aromatic rings. The summed E-state index contributed by atoms with van der Waals surface area (Å²) in [5.74, 6) is -0.228. The molecular formula is C20H26F3NO4S. The maximum Gasteiger partial charge on any atom is 0.411 e. The summed E-state index contributed by atoms with van der Waals surface area (Å²) in [7, 11) is 0. The number of hydrogen-bond donors (Lipinski definition) is 1. The highest BCUT2D eigenvalue weighted by Crippen LogP contribution is 2.50. The Morgan fingerprint density at radius 1 is 1.31 bits per heavy atom. The van der Waals surface area contributed by atoms with E-state index in [4.69, 9.17) is 9.47 Å². The Kier molecular flexibility index (Phi) is 6.57. The van der Waals surface area contributed by atoms with Crippen LogP contribution < -0.4 is 5.32 Å². The summed E-state index contributed by atoms with van der Waals surface area (Å²) in [5.41, 5.74) is 0.863. The summed E-state index contributed by atoms with van der Waals surface area (Å²) in [6.45, 7) is 2.11. The molecule has 2 aliphatic carbocycles. The van der Waals surface area contributed by atoms with E-state index in [1.54, 1.807) is 6.92 Å². The van der Waals surface area contributed by atoms with Crippen molar-refractivity contribution in [2.75, 3.05) is 25.1 Å². The zero-order chi connectivity index (χ0) is 21.2. The third-order valence-corrected chi connectivity index (χ3v) is 6.54. The van der Waals surface area contributed by atoms with E-state index in [2.05, 4.69) is 5.32 Å². The van der Waals surface area contributed by atoms with Crippen molar-refractivity contribution in [1.29, 1.82) is 0 Å². The Balaban J connectivity index is 1.85. The van der Waals surface area contributed by atoms with Crippen LogP contribution in [-0.4, -0.2) is 37.9 Å². The Hall–Kier alpha value is -1.61. The first-order chi connectivity index (χ1) is 13.6. The quantitative estimate of drug-likeness (QED) is 0.602. The number of nitrogens with one attached hydrogen (secondary N) is 1. The van der Waals surface area contributed by atoms with Crippen LogP contribution in [0, 0.1) is 11.3 Å². The number of alkyl halides is 3. The lowest BCUT2D eigenvalue weighted by atomic mass is 9.71. The molecule has 1 amide bonds. The lowest BCUT2D eigenvalue weighted by Gasteiger charge is -2.37. The van der Waals surface area contributed by atoms with Gasteiger partial charge in [0.2, 0.25) is 5.91 Å². The molecule has 1 unspecified atom stereocenters. The molecular weight excluding hydrogens is 407 g/mol. The summed E-state index contributed by atoms with van der Waals surface area (Å²) >= 11 is 1.32. The predicted octanol–water partition coefficient (Wildman–Crippen LogP) is 4.74. The minimum absolute atomic E-state index is 0.0462. The van der Waals surface area contributed by atoms with Crippen LogP contribution in [0.25, 0.3) is 0 Å². The molecule has 0 aliphatic heterocycles. The van der Waals surface area contributed by atoms with Crippen molar-refractivity contribution in [3.63, 3.8) is 0 Å². The van der Waals surface area contributed by atoms with Gasteiger partial charge in [-0.2, -0.15) is 13.2 Å². The molecule has 1 heterocycles. The topological polar surface area (TPSA) is 64.6 Å². The first-order valence-corrected chi connectivity index (χ1v) is 10.7. The van der Waals surface area contributed by atoms with Crippen molar-refractivity contribution in [1.82, 2.24) is 0 Å². The van der Waals surface area contributed by atoms with Gasteiger partial charge < -0.3 is 14.8 Å². The molecule has 0 bridgehead atoms. The largest absolute Gasteiger partial charge is 0.462 e. The lowest BCUT2D eigenvalue weighted by Crippen LogP contribution is -2.35. The number of anilines is 1. The van der Waals surface area contributed by atoms with Gasteiger partial charge >= 0.3 is 12.1 Å². The second kappa shape index (κ2) is 8.63. The van der Waals surface area contributed by atoms with E-state index in [0.29, 0.717) is 35.7 Å². The Morgan fingerprint density at radius 2 is 2.03 bits per heavy atom. The smallest absolute Gasteiger partial charge is 0.411 e. The molecule has 1 fully saturated rings. The van der Waals surface area contributed by atoms with E-state index in [1.807, 2.05) is 0 Å². The molecule has 5 nitrogen and oxygen atoms in total. The highest BCUT2D eigenvalue weighted by Gasteiger charge is 2.43. The SMILES string of the molecule is CCOC(=O)c1c(NC(C)=O)sc2c1CCC(COCC(F)(F)F)(CC1CC1)C2. The minimum Gasteiger partial charge on any atom is -0.462 e. The van der Waals surface area contributed by atoms with E-state index in [-0.39, 0.29) is 24.5 Å². The van der Waals surface area contributed by atoms with Crippen LogP contribution in [0.4, 0.5) is 18.2 Å². The van der Waals surface area contributed by atoms with Crippen molar-refractivity contribution in [3.05, 3.63) is 16.0 Å². The third-order valence-electron chi connectivity index (χ3n) is 5.39. The molecule has 0 spiro atoms. The number of thiophene rings is 1. The number of ether oxygens (including phenoxy) is 2. The predicted molar refractivity (Wildman–Crippen MR) is 103 cm³/mol. The molecule has 162 valence electrons. The summed E-state index contributed by atoms with van der Waals surface area (Å²) in [4.78, 5) is 25.0. The molecule has 1 saturated carbocycles. The summed E-state index contributed by atoms with van der Waals surface area (Å²) < 4.78 is 48.0. The third kappa shape index (κ3) is 5.72. The van der Waals surface area contributed by atoms with Crippen molar-refractivity contribution in [3.8, 4) is 0 Å². The normalized spacial score (nSPS) is 21.6. The van der Waals surface area contributed by atoms with Crippen molar-refractivity contribution in [2.24, 2.45) is 11.3 Å². The van der Waals surface area contributed by atoms with Crippen LogP contribution in [0.3, 0.4) is 0 Å². The van der Waals surface area contributed by atoms with Crippen LogP contribution in [0.1, 0.15) is 60.3 Å². The van der Waals surface area contributed by atoms with Crippen molar-refractivity contribution in [2.45, 2.75) is 58.5 Å². The van der Waals surface area contributed by atoms with E-state index >= 15 is 0 Å². The van der Waals surface area contributed by atoms with Gasteiger partial charge in [-0.3, -0.25) is 4.79 Å². The summed E-state index contributed by atoms with van der Waals surface area (Å²) in [6.07, 6.45) is 0.435. The maximum atomic E-state index is 12.6. The summed E-state index contributed by atoms with van der Waals surface area (Å²) in [5, 5.41) is 3.17. The monoisotopic (exact) mass is 433 g/mol. The minimum atomic E-state index is -4.35. The molecule has 3 rings (SSSR count). The van der Waals surface area contributed by atoms with E-state index < -0.39 is 18.8 Å². The number of carbonyl (C=O) groups excluding carboxylic acids is 2.